The van der Waals surface area contributed by atoms with Crippen LogP contribution in [0.2, 0.25) is 0 Å². The maximum Gasteiger partial charge on any atom is 0.407 e. The minimum Gasteiger partial charge on any atom is -0.444 e. The van der Waals surface area contributed by atoms with Gasteiger partial charge in [0.15, 0.2) is 0 Å². The van der Waals surface area contributed by atoms with E-state index in [0.29, 0.717) is 12.6 Å². The standard InChI is InChI=1S/C13H25FN2O2/c1-13(2,3)18-12(17)16-11-6-4-10(5-7-11)15-9-8-14/h10-11,15H,4-9H2,1-3H3,(H,16,17). The maximum atomic E-state index is 12.0. The van der Waals surface area contributed by atoms with Crippen LogP contribution in [-0.2, 0) is 4.74 Å². The van der Waals surface area contributed by atoms with E-state index in [1.54, 1.807) is 0 Å². The molecule has 0 radical (unpaired) electrons. The summed E-state index contributed by atoms with van der Waals surface area (Å²) in [5, 5.41) is 6.05. The van der Waals surface area contributed by atoms with Gasteiger partial charge in [0.2, 0.25) is 0 Å². The van der Waals surface area contributed by atoms with Gasteiger partial charge in [-0.3, -0.25) is 0 Å². The Hall–Kier alpha value is -0.840. The number of hydrogen-bond acceptors (Lipinski definition) is 3. The summed E-state index contributed by atoms with van der Waals surface area (Å²) in [6.45, 7) is 5.66. The normalized spacial score (nSPS) is 24.7. The van der Waals surface area contributed by atoms with Crippen LogP contribution in [0.4, 0.5) is 9.18 Å². The number of hydrogen-bond donors (Lipinski definition) is 2. The lowest BCUT2D eigenvalue weighted by molar-refractivity contribution is 0.0490. The Morgan fingerprint density at radius 1 is 1.22 bits per heavy atom. The number of rotatable bonds is 4. The van der Waals surface area contributed by atoms with Crippen LogP contribution in [-0.4, -0.2) is 37.0 Å². The van der Waals surface area contributed by atoms with Crippen molar-refractivity contribution in [3.63, 3.8) is 0 Å². The maximum absolute atomic E-state index is 12.0. The minimum absolute atomic E-state index is 0.184. The van der Waals surface area contributed by atoms with Crippen LogP contribution in [0.25, 0.3) is 0 Å². The zero-order chi connectivity index (χ0) is 13.6. The van der Waals surface area contributed by atoms with Crippen molar-refractivity contribution in [2.24, 2.45) is 0 Å². The van der Waals surface area contributed by atoms with E-state index in [-0.39, 0.29) is 18.8 Å². The van der Waals surface area contributed by atoms with Crippen molar-refractivity contribution in [3.05, 3.63) is 0 Å². The lowest BCUT2D eigenvalue weighted by Crippen LogP contribution is -2.44. The van der Waals surface area contributed by atoms with Crippen molar-refractivity contribution in [1.82, 2.24) is 10.6 Å². The Morgan fingerprint density at radius 3 is 2.28 bits per heavy atom. The lowest BCUT2D eigenvalue weighted by Gasteiger charge is -2.30. The van der Waals surface area contributed by atoms with Crippen molar-refractivity contribution in [2.75, 3.05) is 13.2 Å². The molecule has 0 spiro atoms. The fourth-order valence-corrected chi connectivity index (χ4v) is 2.17. The number of carbonyl (C=O) groups is 1. The highest BCUT2D eigenvalue weighted by Crippen LogP contribution is 2.19. The topological polar surface area (TPSA) is 50.4 Å². The molecule has 0 unspecified atom stereocenters. The summed E-state index contributed by atoms with van der Waals surface area (Å²) in [6.07, 6.45) is 3.44. The highest BCUT2D eigenvalue weighted by atomic mass is 19.1. The summed E-state index contributed by atoms with van der Waals surface area (Å²) in [4.78, 5) is 11.6. The molecular formula is C13H25FN2O2. The summed E-state index contributed by atoms with van der Waals surface area (Å²) < 4.78 is 17.2. The first kappa shape index (κ1) is 15.2. The van der Waals surface area contributed by atoms with Gasteiger partial charge in [0, 0.05) is 18.6 Å². The van der Waals surface area contributed by atoms with E-state index in [1.807, 2.05) is 20.8 Å². The zero-order valence-corrected chi connectivity index (χ0v) is 11.6. The molecule has 1 amide bonds. The third-order valence-electron chi connectivity index (χ3n) is 2.98. The van der Waals surface area contributed by atoms with Crippen molar-refractivity contribution in [2.45, 2.75) is 64.1 Å². The van der Waals surface area contributed by atoms with Gasteiger partial charge in [-0.05, 0) is 46.5 Å². The molecule has 0 aromatic rings. The van der Waals surface area contributed by atoms with Gasteiger partial charge in [0.25, 0.3) is 0 Å². The number of carbonyl (C=O) groups excluding carboxylic acids is 1. The second-order valence-electron chi connectivity index (χ2n) is 5.84. The minimum atomic E-state index is -0.454. The number of nitrogens with one attached hydrogen (secondary N) is 2. The molecular weight excluding hydrogens is 235 g/mol. The molecule has 0 saturated heterocycles. The van der Waals surface area contributed by atoms with Crippen LogP contribution >= 0.6 is 0 Å². The van der Waals surface area contributed by atoms with Crippen LogP contribution in [0.5, 0.6) is 0 Å². The zero-order valence-electron chi connectivity index (χ0n) is 11.6. The fourth-order valence-electron chi connectivity index (χ4n) is 2.17. The third kappa shape index (κ3) is 6.19. The van der Waals surface area contributed by atoms with Crippen LogP contribution in [0.3, 0.4) is 0 Å². The molecule has 2 N–H and O–H groups in total. The van der Waals surface area contributed by atoms with Crippen molar-refractivity contribution < 1.29 is 13.9 Å². The summed E-state index contributed by atoms with van der Waals surface area (Å²) in [5.74, 6) is 0. The first-order valence-corrected chi connectivity index (χ1v) is 6.69. The molecule has 5 heteroatoms. The van der Waals surface area contributed by atoms with Crippen LogP contribution < -0.4 is 10.6 Å². The molecule has 0 aromatic carbocycles. The number of ether oxygens (including phenoxy) is 1. The van der Waals surface area contributed by atoms with E-state index in [0.717, 1.165) is 25.7 Å². The Morgan fingerprint density at radius 2 is 1.78 bits per heavy atom. The van der Waals surface area contributed by atoms with E-state index < -0.39 is 5.60 Å². The van der Waals surface area contributed by atoms with Crippen LogP contribution in [0, 0.1) is 0 Å². The van der Waals surface area contributed by atoms with E-state index in [9.17, 15) is 9.18 Å². The number of halogens is 1. The van der Waals surface area contributed by atoms with E-state index in [4.69, 9.17) is 4.74 Å². The quantitative estimate of drug-likeness (QED) is 0.816. The molecule has 0 aliphatic heterocycles. The van der Waals surface area contributed by atoms with E-state index in [1.165, 1.54) is 0 Å². The SMILES string of the molecule is CC(C)(C)OC(=O)NC1CCC(NCCF)CC1. The van der Waals surface area contributed by atoms with Crippen molar-refractivity contribution in [3.8, 4) is 0 Å². The number of alkyl carbamates (subject to hydrolysis) is 1. The van der Waals surface area contributed by atoms with Gasteiger partial charge in [-0.1, -0.05) is 0 Å². The van der Waals surface area contributed by atoms with Gasteiger partial charge in [0.05, 0.1) is 0 Å². The summed E-state index contributed by atoms with van der Waals surface area (Å²) in [5.41, 5.74) is -0.454. The molecule has 1 rings (SSSR count). The molecule has 106 valence electrons. The first-order valence-electron chi connectivity index (χ1n) is 6.69. The second kappa shape index (κ2) is 6.92. The summed E-state index contributed by atoms with van der Waals surface area (Å²) in [7, 11) is 0. The third-order valence-corrected chi connectivity index (χ3v) is 2.98. The molecule has 0 bridgehead atoms. The first-order chi connectivity index (χ1) is 8.40. The Labute approximate surface area is 109 Å². The molecule has 1 aliphatic carbocycles. The predicted octanol–water partition coefficient (Wildman–Crippen LogP) is 2.38. The second-order valence-corrected chi connectivity index (χ2v) is 5.84. The molecule has 0 heterocycles. The highest BCUT2D eigenvalue weighted by Gasteiger charge is 2.24. The summed E-state index contributed by atoms with van der Waals surface area (Å²) >= 11 is 0. The monoisotopic (exact) mass is 260 g/mol. The Bertz CT molecular complexity index is 258. The smallest absolute Gasteiger partial charge is 0.407 e. The fraction of sp³-hybridized carbons (Fsp3) is 0.923. The molecule has 0 atom stereocenters. The molecule has 18 heavy (non-hydrogen) atoms. The van der Waals surface area contributed by atoms with Gasteiger partial charge in [-0.25, -0.2) is 9.18 Å². The molecule has 1 saturated carbocycles. The molecule has 0 aromatic heterocycles. The van der Waals surface area contributed by atoms with Gasteiger partial charge in [-0.2, -0.15) is 0 Å². The Kier molecular flexibility index (Phi) is 5.85. The van der Waals surface area contributed by atoms with Gasteiger partial charge < -0.3 is 15.4 Å². The number of alkyl halides is 1. The molecule has 1 aliphatic rings. The Balaban J connectivity index is 2.21. The van der Waals surface area contributed by atoms with Crippen LogP contribution in [0.15, 0.2) is 0 Å². The van der Waals surface area contributed by atoms with Crippen molar-refractivity contribution >= 4 is 6.09 Å². The average Bonchev–Trinajstić information content (AvgIpc) is 2.25. The highest BCUT2D eigenvalue weighted by molar-refractivity contribution is 5.68. The lowest BCUT2D eigenvalue weighted by atomic mass is 9.91. The number of amides is 1. The molecule has 1 fully saturated rings. The van der Waals surface area contributed by atoms with Gasteiger partial charge >= 0.3 is 6.09 Å². The average molecular weight is 260 g/mol. The predicted molar refractivity (Wildman–Crippen MR) is 69.4 cm³/mol. The van der Waals surface area contributed by atoms with Gasteiger partial charge in [0.1, 0.15) is 12.3 Å². The van der Waals surface area contributed by atoms with Crippen molar-refractivity contribution in [1.29, 1.82) is 0 Å². The molecule has 4 nitrogen and oxygen atoms in total. The largest absolute Gasteiger partial charge is 0.444 e. The van der Waals surface area contributed by atoms with Crippen LogP contribution in [0.1, 0.15) is 46.5 Å². The summed E-state index contributed by atoms with van der Waals surface area (Å²) in [6, 6.07) is 0.570. The van der Waals surface area contributed by atoms with E-state index >= 15 is 0 Å². The van der Waals surface area contributed by atoms with E-state index in [2.05, 4.69) is 10.6 Å². The van der Waals surface area contributed by atoms with Gasteiger partial charge in [-0.15, -0.1) is 0 Å².